The molecule has 6 fully saturated rings. The molecule has 0 atom stereocenters. The first-order valence-electron chi connectivity index (χ1n) is 34.3. The zero-order chi connectivity index (χ0) is 73.0. The summed E-state index contributed by atoms with van der Waals surface area (Å²) in [5.41, 5.74) is 39.5. The van der Waals surface area contributed by atoms with Gasteiger partial charge in [0, 0.05) is 57.1 Å². The van der Waals surface area contributed by atoms with Crippen LogP contribution in [0.2, 0.25) is 0 Å². The number of rotatable bonds is 17. The van der Waals surface area contributed by atoms with Gasteiger partial charge in [0.25, 0.3) is 23.6 Å². The van der Waals surface area contributed by atoms with E-state index in [9.17, 15) is 28.8 Å². The van der Waals surface area contributed by atoms with E-state index < -0.39 is 17.7 Å². The molecule has 27 nitrogen and oxygen atoms in total. The van der Waals surface area contributed by atoms with Crippen molar-refractivity contribution in [2.45, 2.75) is 89.3 Å². The molecule has 6 amide bonds. The summed E-state index contributed by atoms with van der Waals surface area (Å²) in [7, 11) is 0. The smallest absolute Gasteiger partial charge is 0.298 e. The van der Waals surface area contributed by atoms with Gasteiger partial charge in [0.2, 0.25) is 17.7 Å². The second-order valence-electron chi connectivity index (χ2n) is 27.5. The molecule has 6 aliphatic rings. The highest BCUT2D eigenvalue weighted by Crippen LogP contribution is 2.57. The van der Waals surface area contributed by atoms with Crippen molar-refractivity contribution >= 4 is 52.9 Å². The first-order chi connectivity index (χ1) is 50.2. The Hall–Kier alpha value is -12.6. The van der Waals surface area contributed by atoms with Crippen molar-refractivity contribution in [2.75, 3.05) is 56.5 Å². The molecule has 3 aliphatic heterocycles. The SMILES string of the molecule is C=CC(=O)N1CCC2(CC(n3nc(-c4ccc(Oc5ccccc5)cn4)c(C(N)=O)c3N)C2)C1.C=CC(=O)N1CCCC2(CC(n3nc(-c4ccc(Oc5ccccc5)cn4)c(C(N)=O)c3N)C2)C1.CC#CC(=O)N1CCC2(CC(n3nc(-c4ccc(Oc5ccccc5)nc4)c(C(N)=O)c3N)C2)C1. The van der Waals surface area contributed by atoms with Crippen LogP contribution in [0.4, 0.5) is 17.5 Å². The highest BCUT2D eigenvalue weighted by molar-refractivity contribution is 6.05. The van der Waals surface area contributed by atoms with E-state index >= 15 is 0 Å². The van der Waals surface area contributed by atoms with Gasteiger partial charge in [-0.05, 0) is 172 Å². The predicted molar refractivity (Wildman–Crippen MR) is 389 cm³/mol. The topological polar surface area (TPSA) is 388 Å². The average molecular weight is 1400 g/mol. The van der Waals surface area contributed by atoms with Crippen LogP contribution < -0.4 is 48.6 Å². The zero-order valence-electron chi connectivity index (χ0n) is 57.5. The van der Waals surface area contributed by atoms with Crippen LogP contribution in [0.5, 0.6) is 34.6 Å². The molecule has 0 bridgehead atoms. The number of benzene rings is 3. The highest BCUT2D eigenvalue weighted by Gasteiger charge is 2.53. The van der Waals surface area contributed by atoms with E-state index in [-0.39, 0.29) is 86.2 Å². The number of nitrogen functional groups attached to an aromatic ring is 3. The number of nitrogens with two attached hydrogens (primary N) is 6. The Morgan fingerprint density at radius 3 is 1.25 bits per heavy atom. The summed E-state index contributed by atoms with van der Waals surface area (Å²) in [6.45, 7) is 13.1. The second kappa shape index (κ2) is 29.2. The lowest BCUT2D eigenvalue weighted by Gasteiger charge is -2.52. The molecule has 104 heavy (non-hydrogen) atoms. The van der Waals surface area contributed by atoms with Gasteiger partial charge in [0.1, 0.15) is 80.0 Å². The number of para-hydroxylation sites is 3. The number of pyridine rings is 3. The normalized spacial score (nSPS) is 21.1. The van der Waals surface area contributed by atoms with Crippen LogP contribution in [0.15, 0.2) is 171 Å². The molecule has 0 radical (unpaired) electrons. The minimum atomic E-state index is -0.650. The molecule has 27 heteroatoms. The third kappa shape index (κ3) is 14.4. The predicted octanol–water partition coefficient (Wildman–Crippen LogP) is 9.70. The lowest BCUT2D eigenvalue weighted by molar-refractivity contribution is -0.132. The van der Waals surface area contributed by atoms with Crippen molar-refractivity contribution in [2.24, 2.45) is 33.4 Å². The molecule has 9 aromatic rings. The third-order valence-electron chi connectivity index (χ3n) is 20.6. The quantitative estimate of drug-likeness (QED) is 0.0365. The van der Waals surface area contributed by atoms with Crippen molar-refractivity contribution in [3.63, 3.8) is 0 Å². The molecular weight excluding hydrogens is 1320 g/mol. The lowest BCUT2D eigenvalue weighted by Crippen LogP contribution is -2.52. The summed E-state index contributed by atoms with van der Waals surface area (Å²) in [5, 5.41) is 14.0. The van der Waals surface area contributed by atoms with Crippen molar-refractivity contribution in [3.05, 3.63) is 188 Å². The lowest BCUT2D eigenvalue weighted by atomic mass is 9.61. The summed E-state index contributed by atoms with van der Waals surface area (Å²) in [5.74, 6) is 7.49. The monoisotopic (exact) mass is 1400 g/mol. The fourth-order valence-electron chi connectivity index (χ4n) is 15.5. The Labute approximate surface area is 599 Å². The number of hydrogen-bond acceptors (Lipinski definition) is 18. The van der Waals surface area contributed by atoms with E-state index in [2.05, 4.69) is 55.2 Å². The number of amides is 6. The number of aromatic nitrogens is 9. The van der Waals surface area contributed by atoms with E-state index in [1.54, 1.807) is 76.0 Å². The molecule has 3 spiro atoms. The number of nitrogens with zero attached hydrogens (tertiary/aromatic N) is 12. The van der Waals surface area contributed by atoms with Crippen molar-refractivity contribution in [1.82, 2.24) is 59.0 Å². The van der Waals surface area contributed by atoms with E-state index in [1.807, 2.05) is 106 Å². The number of likely N-dealkylation sites (tertiary alicyclic amines) is 3. The van der Waals surface area contributed by atoms with E-state index in [0.717, 1.165) is 77.3 Å². The summed E-state index contributed by atoms with van der Waals surface area (Å²) in [6, 6.07) is 38.7. The summed E-state index contributed by atoms with van der Waals surface area (Å²) in [6.07, 6.45) is 16.3. The summed E-state index contributed by atoms with van der Waals surface area (Å²) < 4.78 is 22.4. The number of ether oxygens (including phenoxy) is 3. The number of carbonyl (C=O) groups excluding carboxylic acids is 6. The van der Waals surface area contributed by atoms with Gasteiger partial charge in [0.05, 0.1) is 41.9 Å². The van der Waals surface area contributed by atoms with Gasteiger partial charge >= 0.3 is 0 Å². The molecule has 3 saturated carbocycles. The number of carbonyl (C=O) groups is 6. The van der Waals surface area contributed by atoms with Crippen LogP contribution >= 0.6 is 0 Å². The molecule has 3 saturated heterocycles. The third-order valence-corrected chi connectivity index (χ3v) is 20.6. The van der Waals surface area contributed by atoms with Crippen LogP contribution in [0.25, 0.3) is 34.0 Å². The minimum absolute atomic E-state index is 0.0290. The maximum atomic E-state index is 12.3. The Balaban J connectivity index is 0.000000139. The van der Waals surface area contributed by atoms with Gasteiger partial charge in [-0.25, -0.2) is 19.0 Å². The maximum absolute atomic E-state index is 12.3. The average Bonchev–Trinajstić information content (AvgIpc) is 1.52. The van der Waals surface area contributed by atoms with Crippen LogP contribution in [0.1, 0.15) is 120 Å². The Kier molecular flexibility index (Phi) is 19.6. The first kappa shape index (κ1) is 69.9. The van der Waals surface area contributed by atoms with Crippen LogP contribution in [-0.2, 0) is 14.4 Å². The number of piperidine rings is 1. The number of hydrogen-bond donors (Lipinski definition) is 6. The van der Waals surface area contributed by atoms with Gasteiger partial charge in [0.15, 0.2) is 0 Å². The molecular formula is C77H80N18O9. The fraction of sp³-hybridized carbons (Fsp3) is 0.299. The van der Waals surface area contributed by atoms with Gasteiger partial charge in [-0.15, -0.1) is 0 Å². The molecule has 15 rings (SSSR count). The van der Waals surface area contributed by atoms with Crippen molar-refractivity contribution in [1.29, 1.82) is 0 Å². The number of anilines is 3. The molecule has 3 aromatic carbocycles. The van der Waals surface area contributed by atoms with Crippen LogP contribution in [0, 0.1) is 28.1 Å². The Morgan fingerprint density at radius 2 is 0.856 bits per heavy atom. The standard InChI is InChI=1S/C26H28N6O3.C26H26N6O3.C25H26N6O3/c1-2-21(33)31-12-6-11-26(16-31)13-17(14-26)32-24(27)22(25(28)34)23(30-32)20-10-9-19(15-29-20)35-18-7-4-3-5-8-18;1-2-6-21(33)31-12-11-26(16-31)13-18(14-26)32-24(27)22(25(28)34)23(30-32)17-9-10-20(29-15-17)35-19-7-4-3-5-8-19;1-2-20(32)30-11-10-25(15-30)12-16(13-25)31-23(26)21(24(27)33)22(29-31)19-9-8-18(14-28-19)34-17-6-4-3-5-7-17/h2-5,7-10,15,17H,1,6,11-14,16,27H2,(H2,28,34);3-5,7-10,15,18H,11-14,16,27H2,1H3,(H2,28,34);2-9,14,16H,1,10-13,15,26H2,(H2,27,33). The largest absolute Gasteiger partial charge is 0.456 e. The first-order valence-corrected chi connectivity index (χ1v) is 34.3. The van der Waals surface area contributed by atoms with Crippen molar-refractivity contribution in [3.8, 4) is 80.5 Å². The van der Waals surface area contributed by atoms with Gasteiger partial charge in [-0.2, -0.15) is 15.3 Å². The molecule has 532 valence electrons. The van der Waals surface area contributed by atoms with E-state index in [4.69, 9.17) is 48.6 Å². The van der Waals surface area contributed by atoms with Gasteiger partial charge < -0.3 is 63.3 Å². The summed E-state index contributed by atoms with van der Waals surface area (Å²) >= 11 is 0. The van der Waals surface area contributed by atoms with Gasteiger partial charge in [-0.1, -0.05) is 73.7 Å². The van der Waals surface area contributed by atoms with Crippen LogP contribution in [0.3, 0.4) is 0 Å². The molecule has 12 N–H and O–H groups in total. The van der Waals surface area contributed by atoms with E-state index in [0.29, 0.717) is 94.8 Å². The zero-order valence-corrected chi connectivity index (χ0v) is 57.5. The Bertz CT molecular complexity index is 4800. The highest BCUT2D eigenvalue weighted by atomic mass is 16.5. The Morgan fingerprint density at radius 1 is 0.462 bits per heavy atom. The van der Waals surface area contributed by atoms with Crippen molar-refractivity contribution < 1.29 is 43.0 Å². The second-order valence-corrected chi connectivity index (χ2v) is 27.5. The molecule has 6 aromatic heterocycles. The molecule has 9 heterocycles. The number of primary amides is 3. The van der Waals surface area contributed by atoms with Crippen LogP contribution in [-0.4, -0.2) is 134 Å². The summed E-state index contributed by atoms with van der Waals surface area (Å²) in [4.78, 5) is 91.8. The minimum Gasteiger partial charge on any atom is -0.456 e. The molecule has 3 aliphatic carbocycles. The molecule has 0 unspecified atom stereocenters. The fourth-order valence-corrected chi connectivity index (χ4v) is 15.5. The van der Waals surface area contributed by atoms with Gasteiger partial charge in [-0.3, -0.25) is 38.7 Å². The van der Waals surface area contributed by atoms with E-state index in [1.165, 1.54) is 12.2 Å². The maximum Gasteiger partial charge on any atom is 0.298 e.